The smallest absolute Gasteiger partial charge is 0.387 e. The summed E-state index contributed by atoms with van der Waals surface area (Å²) in [6.45, 7) is -1.02. The van der Waals surface area contributed by atoms with Crippen molar-refractivity contribution in [2.45, 2.75) is 32.3 Å². The minimum atomic E-state index is -3.05. The van der Waals surface area contributed by atoms with Crippen LogP contribution in [0.3, 0.4) is 0 Å². The van der Waals surface area contributed by atoms with Crippen LogP contribution in [0.4, 0.5) is 8.78 Å². The Morgan fingerprint density at radius 2 is 1.89 bits per heavy atom. The largest absolute Gasteiger partial charge is 0.435 e. The first-order valence-corrected chi connectivity index (χ1v) is 8.86. The Balaban J connectivity index is 2.33. The van der Waals surface area contributed by atoms with Crippen molar-refractivity contribution in [1.29, 1.82) is 15.8 Å². The molecule has 2 aliphatic carbocycles. The van der Waals surface area contributed by atoms with Crippen molar-refractivity contribution in [3.8, 4) is 24.0 Å². The first kappa shape index (κ1) is 19.4. The van der Waals surface area contributed by atoms with Gasteiger partial charge >= 0.3 is 6.61 Å². The van der Waals surface area contributed by atoms with Gasteiger partial charge in [-0.1, -0.05) is 31.2 Å². The number of nitrogens with zero attached hydrogens (tertiary/aromatic N) is 3. The molecule has 2 aliphatic rings. The Morgan fingerprint density at radius 1 is 1.21 bits per heavy atom. The first-order chi connectivity index (χ1) is 13.4. The molecule has 7 heteroatoms. The lowest BCUT2D eigenvalue weighted by Gasteiger charge is -2.44. The summed E-state index contributed by atoms with van der Waals surface area (Å²) in [4.78, 5) is 0. The zero-order valence-corrected chi connectivity index (χ0v) is 15.2. The summed E-state index contributed by atoms with van der Waals surface area (Å²) in [5.74, 6) is -1.06. The second-order valence-electron chi connectivity index (χ2n) is 7.17. The van der Waals surface area contributed by atoms with Gasteiger partial charge in [-0.2, -0.15) is 24.6 Å². The minimum absolute atomic E-state index is 0.0943. The van der Waals surface area contributed by atoms with E-state index in [9.17, 15) is 24.6 Å². The van der Waals surface area contributed by atoms with Crippen molar-refractivity contribution < 1.29 is 13.5 Å². The molecule has 0 heterocycles. The van der Waals surface area contributed by atoms with Crippen LogP contribution in [0.15, 0.2) is 47.2 Å². The van der Waals surface area contributed by atoms with Gasteiger partial charge in [0.25, 0.3) is 0 Å². The molecule has 0 spiro atoms. The van der Waals surface area contributed by atoms with Gasteiger partial charge in [0.15, 0.2) is 5.41 Å². The highest BCUT2D eigenvalue weighted by Gasteiger charge is 2.55. The molecule has 0 saturated carbocycles. The van der Waals surface area contributed by atoms with E-state index in [1.807, 2.05) is 31.2 Å². The van der Waals surface area contributed by atoms with E-state index < -0.39 is 17.9 Å². The number of fused-ring (bicyclic) bond motifs is 1. The van der Waals surface area contributed by atoms with Crippen molar-refractivity contribution in [2.24, 2.45) is 23.0 Å². The molecular formula is C21H18F2N4O. The van der Waals surface area contributed by atoms with Gasteiger partial charge in [-0.05, 0) is 36.3 Å². The van der Waals surface area contributed by atoms with Gasteiger partial charge in [0.05, 0.1) is 23.4 Å². The van der Waals surface area contributed by atoms with Crippen molar-refractivity contribution >= 4 is 0 Å². The Labute approximate surface area is 161 Å². The highest BCUT2D eigenvalue weighted by Crippen LogP contribution is 2.57. The number of nitriles is 3. The van der Waals surface area contributed by atoms with Gasteiger partial charge in [-0.25, -0.2) is 0 Å². The predicted octanol–water partition coefficient (Wildman–Crippen LogP) is 4.13. The number of allylic oxidation sites excluding steroid dienone is 4. The molecule has 5 nitrogen and oxygen atoms in total. The maximum Gasteiger partial charge on any atom is 0.387 e. The van der Waals surface area contributed by atoms with Crippen molar-refractivity contribution in [3.63, 3.8) is 0 Å². The van der Waals surface area contributed by atoms with Gasteiger partial charge < -0.3 is 10.5 Å². The highest BCUT2D eigenvalue weighted by atomic mass is 19.3. The van der Waals surface area contributed by atoms with Crippen molar-refractivity contribution in [2.75, 3.05) is 0 Å². The summed E-state index contributed by atoms with van der Waals surface area (Å²) in [5, 5.41) is 29.6. The van der Waals surface area contributed by atoms with Gasteiger partial charge in [0.2, 0.25) is 0 Å². The van der Waals surface area contributed by atoms with Gasteiger partial charge in [0, 0.05) is 11.5 Å². The number of halogens is 2. The van der Waals surface area contributed by atoms with E-state index in [0.29, 0.717) is 17.6 Å². The van der Waals surface area contributed by atoms with Crippen LogP contribution in [0.2, 0.25) is 0 Å². The Bertz CT molecular complexity index is 963. The molecule has 3 rings (SSSR count). The Morgan fingerprint density at radius 3 is 2.50 bits per heavy atom. The summed E-state index contributed by atoms with van der Waals surface area (Å²) < 4.78 is 30.6. The van der Waals surface area contributed by atoms with Crippen LogP contribution in [0.5, 0.6) is 5.75 Å². The van der Waals surface area contributed by atoms with Gasteiger partial charge in [-0.3, -0.25) is 0 Å². The van der Waals surface area contributed by atoms with Crippen LogP contribution in [0, 0.1) is 51.2 Å². The quantitative estimate of drug-likeness (QED) is 0.848. The maximum absolute atomic E-state index is 13.0. The summed E-state index contributed by atoms with van der Waals surface area (Å²) in [6, 6.07) is 12.2. The molecule has 1 aromatic carbocycles. The molecule has 2 N–H and O–H groups in total. The topological polar surface area (TPSA) is 107 Å². The summed E-state index contributed by atoms with van der Waals surface area (Å²) in [5.41, 5.74) is 5.34. The van der Waals surface area contributed by atoms with E-state index in [4.69, 9.17) is 5.73 Å². The molecular weight excluding hydrogens is 362 g/mol. The third-order valence-electron chi connectivity index (χ3n) is 5.58. The fourth-order valence-corrected chi connectivity index (χ4v) is 4.36. The lowest BCUT2D eigenvalue weighted by atomic mass is 9.56. The van der Waals surface area contributed by atoms with Crippen LogP contribution >= 0.6 is 0 Å². The van der Waals surface area contributed by atoms with Gasteiger partial charge in [0.1, 0.15) is 11.8 Å². The standard InChI is InChI=1S/C21H18F2N4O/c1-12-6-7-13-15(8-12)18(14-4-2-3-5-17(14)28-20(22)23)21(10-25,11-26)19(27)16(13)9-24/h2-5,7,12,15,18,20H,6,8,27H2,1H3/t12-,15-,18-/m1/s1. The molecule has 0 fully saturated rings. The van der Waals surface area contributed by atoms with E-state index >= 15 is 0 Å². The first-order valence-electron chi connectivity index (χ1n) is 8.86. The molecule has 0 radical (unpaired) electrons. The number of nitrogens with two attached hydrogens (primary N) is 1. The zero-order chi connectivity index (χ0) is 20.5. The highest BCUT2D eigenvalue weighted by molar-refractivity contribution is 5.60. The van der Waals surface area contributed by atoms with Crippen LogP contribution in [-0.4, -0.2) is 6.61 Å². The van der Waals surface area contributed by atoms with Crippen LogP contribution in [0.25, 0.3) is 0 Å². The Hall–Kier alpha value is -3.37. The third kappa shape index (κ3) is 2.88. The van der Waals surface area contributed by atoms with E-state index in [1.54, 1.807) is 18.2 Å². The number of hydrogen-bond donors (Lipinski definition) is 1. The van der Waals surface area contributed by atoms with Crippen LogP contribution in [0.1, 0.15) is 31.2 Å². The lowest BCUT2D eigenvalue weighted by molar-refractivity contribution is -0.0509. The summed E-state index contributed by atoms with van der Waals surface area (Å²) >= 11 is 0. The van der Waals surface area contributed by atoms with Crippen LogP contribution in [-0.2, 0) is 0 Å². The zero-order valence-electron chi connectivity index (χ0n) is 15.2. The number of rotatable bonds is 3. The summed E-state index contributed by atoms with van der Waals surface area (Å²) in [6.07, 6.45) is 3.24. The average Bonchev–Trinajstić information content (AvgIpc) is 2.68. The number of hydrogen-bond acceptors (Lipinski definition) is 5. The van der Waals surface area contributed by atoms with E-state index in [-0.39, 0.29) is 28.9 Å². The third-order valence-corrected chi connectivity index (χ3v) is 5.58. The monoisotopic (exact) mass is 380 g/mol. The van der Waals surface area contributed by atoms with E-state index in [1.165, 1.54) is 6.07 Å². The summed E-state index contributed by atoms with van der Waals surface area (Å²) in [7, 11) is 0. The fraction of sp³-hybridized carbons (Fsp3) is 0.381. The maximum atomic E-state index is 13.0. The molecule has 0 bridgehead atoms. The molecule has 0 aliphatic heterocycles. The van der Waals surface area contributed by atoms with E-state index in [0.717, 1.165) is 6.42 Å². The van der Waals surface area contributed by atoms with Crippen molar-refractivity contribution in [1.82, 2.24) is 0 Å². The van der Waals surface area contributed by atoms with Gasteiger partial charge in [-0.15, -0.1) is 0 Å². The lowest BCUT2D eigenvalue weighted by Crippen LogP contribution is -2.43. The molecule has 0 aromatic heterocycles. The molecule has 0 amide bonds. The predicted molar refractivity (Wildman–Crippen MR) is 96.3 cm³/mol. The minimum Gasteiger partial charge on any atom is -0.435 e. The number of para-hydroxylation sites is 1. The fourth-order valence-electron chi connectivity index (χ4n) is 4.36. The molecule has 28 heavy (non-hydrogen) atoms. The SMILES string of the molecule is C[C@@H]1CC=C2C(C#N)=C(N)C(C#N)(C#N)[C@H](c3ccccc3OC(F)F)[C@@H]2C1. The van der Waals surface area contributed by atoms with Crippen LogP contribution < -0.4 is 10.5 Å². The van der Waals surface area contributed by atoms with E-state index in [2.05, 4.69) is 4.74 Å². The Kier molecular flexibility index (Phi) is 5.08. The second kappa shape index (κ2) is 7.33. The molecule has 3 atom stereocenters. The van der Waals surface area contributed by atoms with Crippen molar-refractivity contribution in [3.05, 3.63) is 52.7 Å². The normalized spacial score (nSPS) is 25.8. The second-order valence-corrected chi connectivity index (χ2v) is 7.17. The molecule has 0 unspecified atom stereocenters. The number of alkyl halides is 2. The number of ether oxygens (including phenoxy) is 1. The molecule has 142 valence electrons. The number of benzene rings is 1. The molecule has 1 aromatic rings. The average molecular weight is 380 g/mol. The molecule has 0 saturated heterocycles.